The molecule has 1 atom stereocenters. The molecule has 0 aliphatic heterocycles. The Morgan fingerprint density at radius 3 is 2.68 bits per heavy atom. The van der Waals surface area contributed by atoms with Gasteiger partial charge in [-0.2, -0.15) is 0 Å². The van der Waals surface area contributed by atoms with Gasteiger partial charge in [-0.15, -0.1) is 0 Å². The smallest absolute Gasteiger partial charge is 0.320 e. The van der Waals surface area contributed by atoms with E-state index in [0.29, 0.717) is 11.4 Å². The zero-order valence-electron chi connectivity index (χ0n) is 15.0. The van der Waals surface area contributed by atoms with Gasteiger partial charge in [-0.05, 0) is 32.9 Å². The lowest BCUT2D eigenvalue weighted by molar-refractivity contribution is -0.138. The first-order valence-electron chi connectivity index (χ1n) is 7.69. The van der Waals surface area contributed by atoms with Crippen LogP contribution in [-0.2, 0) is 17.0 Å². The third-order valence-electron chi connectivity index (χ3n) is 3.01. The molecule has 0 fully saturated rings. The van der Waals surface area contributed by atoms with E-state index in [2.05, 4.69) is 26.9 Å². The number of likely N-dealkylation sites (N-methyl/N-ethyl adjacent to an activating group) is 1. The van der Waals surface area contributed by atoms with Crippen LogP contribution in [0.15, 0.2) is 23.2 Å². The van der Waals surface area contributed by atoms with Gasteiger partial charge in [0.2, 0.25) is 0 Å². The molecule has 140 valence electrons. The maximum atomic E-state index is 10.8. The van der Waals surface area contributed by atoms with Crippen molar-refractivity contribution in [1.82, 2.24) is 15.2 Å². The number of nitrogens with zero attached hydrogens (tertiary/aromatic N) is 3. The molecule has 0 saturated heterocycles. The Bertz CT molecular complexity index is 553. The number of aliphatic imine (C=N–C) groups is 1. The van der Waals surface area contributed by atoms with E-state index in [1.165, 1.54) is 0 Å². The standard InChI is InChI=1S/C15H25N5O2S.CH3N/c1-17-15(18-7-8-20(2)3)23-10-12-6-4-5-11(19-12)9-13(16)14(21)22;1-2/h4-6,13H,7-10,16H2,1-3H3,(H,17,18)(H,21,22);2H,1H2. The van der Waals surface area contributed by atoms with Gasteiger partial charge in [-0.25, -0.2) is 0 Å². The van der Waals surface area contributed by atoms with Crippen molar-refractivity contribution in [3.63, 3.8) is 0 Å². The quantitative estimate of drug-likeness (QED) is 0.392. The lowest BCUT2D eigenvalue weighted by atomic mass is 10.1. The van der Waals surface area contributed by atoms with Crippen LogP contribution >= 0.6 is 11.8 Å². The summed E-state index contributed by atoms with van der Waals surface area (Å²) in [5.41, 5.74) is 7.11. The van der Waals surface area contributed by atoms with Crippen molar-refractivity contribution in [2.75, 3.05) is 34.2 Å². The molecule has 0 aliphatic rings. The van der Waals surface area contributed by atoms with Crippen LogP contribution in [0.4, 0.5) is 0 Å². The first-order chi connectivity index (χ1) is 11.9. The van der Waals surface area contributed by atoms with Crippen LogP contribution in [0.1, 0.15) is 11.4 Å². The minimum Gasteiger partial charge on any atom is -0.480 e. The van der Waals surface area contributed by atoms with Crippen molar-refractivity contribution in [1.29, 1.82) is 5.41 Å². The summed E-state index contributed by atoms with van der Waals surface area (Å²) in [4.78, 5) is 21.6. The molecule has 0 radical (unpaired) electrons. The number of pyridine rings is 1. The maximum absolute atomic E-state index is 10.8. The minimum atomic E-state index is -1.02. The Labute approximate surface area is 153 Å². The number of carbonyl (C=O) groups is 1. The molecule has 1 unspecified atom stereocenters. The molecule has 0 spiro atoms. The van der Waals surface area contributed by atoms with Crippen LogP contribution < -0.4 is 11.1 Å². The lowest BCUT2D eigenvalue weighted by Gasteiger charge is -2.12. The van der Waals surface area contributed by atoms with Gasteiger partial charge < -0.3 is 26.5 Å². The summed E-state index contributed by atoms with van der Waals surface area (Å²) in [7, 11) is 5.80. The fourth-order valence-corrected chi connectivity index (χ4v) is 2.54. The van der Waals surface area contributed by atoms with Crippen LogP contribution in [-0.4, -0.2) is 73.1 Å². The molecule has 5 N–H and O–H groups in total. The van der Waals surface area contributed by atoms with E-state index in [1.807, 2.05) is 26.2 Å². The molecule has 1 aromatic heterocycles. The van der Waals surface area contributed by atoms with Crippen molar-refractivity contribution >= 4 is 29.6 Å². The monoisotopic (exact) mass is 368 g/mol. The van der Waals surface area contributed by atoms with Crippen LogP contribution in [0.5, 0.6) is 0 Å². The molecular formula is C16H28N6O2S. The predicted molar refractivity (Wildman–Crippen MR) is 105 cm³/mol. The number of aliphatic carboxylic acids is 1. The van der Waals surface area contributed by atoms with Crippen molar-refractivity contribution in [2.24, 2.45) is 10.7 Å². The number of carboxylic acids is 1. The third-order valence-corrected chi connectivity index (χ3v) is 4.05. The van der Waals surface area contributed by atoms with E-state index in [4.69, 9.17) is 16.2 Å². The minimum absolute atomic E-state index is 0.226. The number of rotatable bonds is 8. The van der Waals surface area contributed by atoms with Gasteiger partial charge in [-0.1, -0.05) is 17.8 Å². The second-order valence-electron chi connectivity index (χ2n) is 5.32. The molecule has 0 saturated carbocycles. The van der Waals surface area contributed by atoms with Crippen LogP contribution in [0.25, 0.3) is 0 Å². The summed E-state index contributed by atoms with van der Waals surface area (Å²) in [5, 5.41) is 18.5. The molecule has 0 aromatic carbocycles. The van der Waals surface area contributed by atoms with E-state index in [-0.39, 0.29) is 6.42 Å². The van der Waals surface area contributed by atoms with Gasteiger partial charge in [0.25, 0.3) is 0 Å². The second-order valence-corrected chi connectivity index (χ2v) is 6.28. The Kier molecular flexibility index (Phi) is 12.3. The summed E-state index contributed by atoms with van der Waals surface area (Å²) in [5.74, 6) is -0.352. The molecule has 1 aromatic rings. The van der Waals surface area contributed by atoms with Gasteiger partial charge in [0.1, 0.15) is 6.04 Å². The highest BCUT2D eigenvalue weighted by molar-refractivity contribution is 8.13. The predicted octanol–water partition coefficient (Wildman–Crippen LogP) is 0.672. The highest BCUT2D eigenvalue weighted by Gasteiger charge is 2.13. The van der Waals surface area contributed by atoms with E-state index in [0.717, 1.165) is 24.0 Å². The molecule has 25 heavy (non-hydrogen) atoms. The molecule has 1 rings (SSSR count). The SMILES string of the molecule is C=N.CN=C(NCCN(C)C)SCc1cccc(CC(N)C(=O)O)n1. The Balaban J connectivity index is 0.00000277. The largest absolute Gasteiger partial charge is 0.480 e. The van der Waals surface area contributed by atoms with Crippen LogP contribution in [0.3, 0.4) is 0 Å². The molecule has 1 heterocycles. The number of carboxylic acid groups (broad SMARTS) is 1. The number of aromatic nitrogens is 1. The second kappa shape index (κ2) is 13.3. The first-order valence-corrected chi connectivity index (χ1v) is 8.67. The fraction of sp³-hybridized carbons (Fsp3) is 0.500. The number of nitrogens with two attached hydrogens (primary N) is 1. The number of hydrogen-bond acceptors (Lipinski definition) is 7. The third kappa shape index (κ3) is 10.5. The van der Waals surface area contributed by atoms with Crippen molar-refractivity contribution < 1.29 is 9.90 Å². The summed E-state index contributed by atoms with van der Waals surface area (Å²) in [6.07, 6.45) is 0.226. The molecule has 0 amide bonds. The number of amidine groups is 1. The number of thioether (sulfide) groups is 1. The Hall–Kier alpha value is -1.97. The summed E-state index contributed by atoms with van der Waals surface area (Å²) < 4.78 is 0. The molecule has 9 heteroatoms. The average Bonchev–Trinajstić information content (AvgIpc) is 2.59. The molecule has 0 bridgehead atoms. The van der Waals surface area contributed by atoms with Crippen LogP contribution in [0.2, 0.25) is 0 Å². The van der Waals surface area contributed by atoms with Crippen LogP contribution in [0, 0.1) is 5.41 Å². The topological polar surface area (TPSA) is 128 Å². The first kappa shape index (κ1) is 23.0. The summed E-state index contributed by atoms with van der Waals surface area (Å²) >= 11 is 1.57. The summed E-state index contributed by atoms with van der Waals surface area (Å²) in [6, 6.07) is 4.65. The Morgan fingerprint density at radius 2 is 2.12 bits per heavy atom. The van der Waals surface area contributed by atoms with E-state index < -0.39 is 12.0 Å². The van der Waals surface area contributed by atoms with E-state index in [9.17, 15) is 4.79 Å². The average molecular weight is 369 g/mol. The van der Waals surface area contributed by atoms with Gasteiger partial charge in [0, 0.05) is 38.0 Å². The summed E-state index contributed by atoms with van der Waals surface area (Å²) in [6.45, 7) is 4.26. The van der Waals surface area contributed by atoms with Crippen molar-refractivity contribution in [2.45, 2.75) is 18.2 Å². The van der Waals surface area contributed by atoms with Crippen molar-refractivity contribution in [3.8, 4) is 0 Å². The van der Waals surface area contributed by atoms with Crippen molar-refractivity contribution in [3.05, 3.63) is 29.6 Å². The lowest BCUT2D eigenvalue weighted by Crippen LogP contribution is -2.32. The molecule has 0 aliphatic carbocycles. The van der Waals surface area contributed by atoms with Gasteiger partial charge >= 0.3 is 5.97 Å². The van der Waals surface area contributed by atoms with Gasteiger partial charge in [0.15, 0.2) is 5.17 Å². The zero-order valence-corrected chi connectivity index (χ0v) is 15.8. The van der Waals surface area contributed by atoms with E-state index in [1.54, 1.807) is 24.9 Å². The maximum Gasteiger partial charge on any atom is 0.320 e. The normalized spacial score (nSPS) is 12.3. The molecule has 8 nitrogen and oxygen atoms in total. The number of nitrogens with one attached hydrogen (secondary N) is 2. The van der Waals surface area contributed by atoms with E-state index >= 15 is 0 Å². The fourth-order valence-electron chi connectivity index (χ4n) is 1.76. The Morgan fingerprint density at radius 1 is 1.48 bits per heavy atom. The zero-order chi connectivity index (χ0) is 19.2. The highest BCUT2D eigenvalue weighted by atomic mass is 32.2. The van der Waals surface area contributed by atoms with Gasteiger partial charge in [-0.3, -0.25) is 14.8 Å². The van der Waals surface area contributed by atoms with Gasteiger partial charge in [0.05, 0.1) is 5.69 Å². The highest BCUT2D eigenvalue weighted by Crippen LogP contribution is 2.12. The number of hydrogen-bond donors (Lipinski definition) is 4. The molecular weight excluding hydrogens is 340 g/mol.